The number of nitrogens with zero attached hydrogens (tertiary/aromatic N) is 2. The van der Waals surface area contributed by atoms with Gasteiger partial charge in [0.15, 0.2) is 0 Å². The molecular formula is C20H22FN3O. The van der Waals surface area contributed by atoms with E-state index >= 15 is 0 Å². The number of hydrogen-bond donors (Lipinski definition) is 1. The van der Waals surface area contributed by atoms with Crippen molar-refractivity contribution < 1.29 is 4.39 Å². The summed E-state index contributed by atoms with van der Waals surface area (Å²) in [5.41, 5.74) is 1.90. The fourth-order valence-electron chi connectivity index (χ4n) is 3.33. The van der Waals surface area contributed by atoms with E-state index in [2.05, 4.69) is 16.8 Å². The lowest BCUT2D eigenvalue weighted by molar-refractivity contribution is 0.183. The predicted molar refractivity (Wildman–Crippen MR) is 95.6 cm³/mol. The molecule has 0 saturated carbocycles. The minimum atomic E-state index is -0.440. The highest BCUT2D eigenvalue weighted by atomic mass is 19.1. The van der Waals surface area contributed by atoms with Gasteiger partial charge in [-0.2, -0.15) is 5.26 Å². The molecule has 0 atom stereocenters. The first kappa shape index (κ1) is 17.4. The molecule has 3 rings (SSSR count). The molecule has 1 saturated heterocycles. The second kappa shape index (κ2) is 7.20. The van der Waals surface area contributed by atoms with Gasteiger partial charge in [0.05, 0.1) is 0 Å². The van der Waals surface area contributed by atoms with Gasteiger partial charge < -0.3 is 4.98 Å². The first-order valence-corrected chi connectivity index (χ1v) is 8.63. The van der Waals surface area contributed by atoms with Crippen LogP contribution in [0, 0.1) is 30.0 Å². The number of aromatic amines is 1. The fourth-order valence-corrected chi connectivity index (χ4v) is 3.33. The van der Waals surface area contributed by atoms with Gasteiger partial charge in [-0.1, -0.05) is 19.1 Å². The van der Waals surface area contributed by atoms with Crippen molar-refractivity contribution in [2.24, 2.45) is 5.92 Å². The van der Waals surface area contributed by atoms with E-state index in [9.17, 15) is 14.4 Å². The number of H-pyrrole nitrogens is 1. The number of rotatable bonds is 3. The first-order chi connectivity index (χ1) is 12.0. The summed E-state index contributed by atoms with van der Waals surface area (Å²) in [5.74, 6) is 0.449. The van der Waals surface area contributed by atoms with Crippen molar-refractivity contribution in [1.29, 1.82) is 5.26 Å². The Morgan fingerprint density at radius 1 is 1.32 bits per heavy atom. The van der Waals surface area contributed by atoms with Gasteiger partial charge in [0, 0.05) is 23.4 Å². The Kier molecular flexibility index (Phi) is 5.00. The van der Waals surface area contributed by atoms with E-state index in [1.54, 1.807) is 25.1 Å². The van der Waals surface area contributed by atoms with Crippen LogP contribution in [-0.4, -0.2) is 23.0 Å². The van der Waals surface area contributed by atoms with E-state index in [0.29, 0.717) is 28.9 Å². The van der Waals surface area contributed by atoms with E-state index in [1.165, 1.54) is 6.07 Å². The molecule has 0 aliphatic carbocycles. The third-order valence-corrected chi connectivity index (χ3v) is 4.91. The van der Waals surface area contributed by atoms with Crippen molar-refractivity contribution in [2.45, 2.75) is 33.2 Å². The first-order valence-electron chi connectivity index (χ1n) is 8.63. The number of nitrogens with one attached hydrogen (secondary N) is 1. The lowest BCUT2D eigenvalue weighted by Gasteiger charge is -2.30. The lowest BCUT2D eigenvalue weighted by atomic mass is 9.97. The Hall–Kier alpha value is -2.45. The van der Waals surface area contributed by atoms with Crippen LogP contribution in [0.4, 0.5) is 4.39 Å². The monoisotopic (exact) mass is 339 g/mol. The molecule has 5 heteroatoms. The van der Waals surface area contributed by atoms with Crippen LogP contribution in [0.1, 0.15) is 36.6 Å². The number of hydrogen-bond acceptors (Lipinski definition) is 3. The Morgan fingerprint density at radius 2 is 2.04 bits per heavy atom. The van der Waals surface area contributed by atoms with E-state index in [4.69, 9.17) is 0 Å². The summed E-state index contributed by atoms with van der Waals surface area (Å²) in [7, 11) is 0. The van der Waals surface area contributed by atoms with Gasteiger partial charge in [-0.25, -0.2) is 4.39 Å². The third kappa shape index (κ3) is 3.80. The Morgan fingerprint density at radius 3 is 2.68 bits per heavy atom. The number of aromatic nitrogens is 1. The molecular weight excluding hydrogens is 317 g/mol. The average Bonchev–Trinajstić information content (AvgIpc) is 2.58. The fraction of sp³-hybridized carbons (Fsp3) is 0.400. The molecule has 0 bridgehead atoms. The van der Waals surface area contributed by atoms with Crippen molar-refractivity contribution in [3.05, 3.63) is 57.3 Å². The van der Waals surface area contributed by atoms with Crippen LogP contribution >= 0.6 is 0 Å². The van der Waals surface area contributed by atoms with E-state index in [-0.39, 0.29) is 11.4 Å². The molecule has 2 aromatic rings. The number of halogens is 1. The van der Waals surface area contributed by atoms with Gasteiger partial charge in [0.2, 0.25) is 0 Å². The van der Waals surface area contributed by atoms with Gasteiger partial charge in [-0.15, -0.1) is 0 Å². The molecule has 1 aromatic carbocycles. The van der Waals surface area contributed by atoms with Crippen LogP contribution in [0.5, 0.6) is 0 Å². The molecule has 0 spiro atoms. The van der Waals surface area contributed by atoms with E-state index in [0.717, 1.165) is 31.8 Å². The standard InChI is InChI=1S/C20H22FN3O/c1-13-5-7-24(8-6-13)12-16-4-3-15(10-19(16)21)17-9-14(2)23-20(25)18(17)11-22/h3-4,9-10,13H,5-8,12H2,1-2H3,(H,23,25). The number of benzene rings is 1. The molecule has 130 valence electrons. The highest BCUT2D eigenvalue weighted by Crippen LogP contribution is 2.26. The molecule has 25 heavy (non-hydrogen) atoms. The molecule has 1 fully saturated rings. The zero-order valence-corrected chi connectivity index (χ0v) is 14.6. The summed E-state index contributed by atoms with van der Waals surface area (Å²) in [4.78, 5) is 16.8. The molecule has 0 radical (unpaired) electrons. The van der Waals surface area contributed by atoms with Crippen LogP contribution in [0.25, 0.3) is 11.1 Å². The second-order valence-corrected chi connectivity index (χ2v) is 6.95. The molecule has 1 aromatic heterocycles. The predicted octanol–water partition coefficient (Wildman–Crippen LogP) is 3.59. The molecule has 1 aliphatic heterocycles. The summed E-state index contributed by atoms with van der Waals surface area (Å²) < 4.78 is 14.6. The van der Waals surface area contributed by atoms with Crippen LogP contribution in [0.15, 0.2) is 29.1 Å². The van der Waals surface area contributed by atoms with Gasteiger partial charge in [-0.3, -0.25) is 9.69 Å². The second-order valence-electron chi connectivity index (χ2n) is 6.95. The van der Waals surface area contributed by atoms with Gasteiger partial charge in [-0.05, 0) is 56.5 Å². The summed E-state index contributed by atoms with van der Waals surface area (Å²) in [6.07, 6.45) is 2.30. The van der Waals surface area contributed by atoms with Gasteiger partial charge in [0.1, 0.15) is 17.4 Å². The van der Waals surface area contributed by atoms with E-state index < -0.39 is 5.56 Å². The van der Waals surface area contributed by atoms with Crippen molar-refractivity contribution in [3.63, 3.8) is 0 Å². The van der Waals surface area contributed by atoms with Gasteiger partial charge >= 0.3 is 0 Å². The maximum Gasteiger partial charge on any atom is 0.266 e. The largest absolute Gasteiger partial charge is 0.325 e. The van der Waals surface area contributed by atoms with Crippen LogP contribution < -0.4 is 5.56 Å². The quantitative estimate of drug-likeness (QED) is 0.929. The number of pyridine rings is 1. The molecule has 0 amide bonds. The van der Waals surface area contributed by atoms with Crippen molar-refractivity contribution >= 4 is 0 Å². The number of nitriles is 1. The Balaban J connectivity index is 1.88. The summed E-state index contributed by atoms with van der Waals surface area (Å²) in [5, 5.41) is 9.24. The third-order valence-electron chi connectivity index (χ3n) is 4.91. The van der Waals surface area contributed by atoms with Crippen molar-refractivity contribution in [3.8, 4) is 17.2 Å². The molecule has 1 N–H and O–H groups in total. The Labute approximate surface area is 146 Å². The lowest BCUT2D eigenvalue weighted by Crippen LogP contribution is -2.32. The van der Waals surface area contributed by atoms with Crippen LogP contribution in [0.2, 0.25) is 0 Å². The molecule has 4 nitrogen and oxygen atoms in total. The maximum atomic E-state index is 14.6. The molecule has 2 heterocycles. The topological polar surface area (TPSA) is 59.9 Å². The van der Waals surface area contributed by atoms with Crippen LogP contribution in [-0.2, 0) is 6.54 Å². The highest BCUT2D eigenvalue weighted by molar-refractivity contribution is 5.70. The smallest absolute Gasteiger partial charge is 0.266 e. The number of aryl methyl sites for hydroxylation is 1. The normalized spacial score (nSPS) is 15.9. The molecule has 1 aliphatic rings. The highest BCUT2D eigenvalue weighted by Gasteiger charge is 2.18. The zero-order chi connectivity index (χ0) is 18.0. The Bertz CT molecular complexity index is 873. The van der Waals surface area contributed by atoms with E-state index in [1.807, 2.05) is 6.07 Å². The van der Waals surface area contributed by atoms with Crippen molar-refractivity contribution in [2.75, 3.05) is 13.1 Å². The maximum absolute atomic E-state index is 14.6. The van der Waals surface area contributed by atoms with Crippen molar-refractivity contribution in [1.82, 2.24) is 9.88 Å². The minimum absolute atomic E-state index is 0.0165. The SMILES string of the molecule is Cc1cc(-c2ccc(CN3CCC(C)CC3)c(F)c2)c(C#N)c(=O)[nH]1. The summed E-state index contributed by atoms with van der Waals surface area (Å²) in [6.45, 7) is 6.58. The summed E-state index contributed by atoms with van der Waals surface area (Å²) >= 11 is 0. The minimum Gasteiger partial charge on any atom is -0.325 e. The number of piperidine rings is 1. The summed E-state index contributed by atoms with van der Waals surface area (Å²) in [6, 6.07) is 8.61. The number of likely N-dealkylation sites (tertiary alicyclic amines) is 1. The van der Waals surface area contributed by atoms with Crippen LogP contribution in [0.3, 0.4) is 0 Å². The average molecular weight is 339 g/mol. The molecule has 0 unspecified atom stereocenters. The van der Waals surface area contributed by atoms with Gasteiger partial charge in [0.25, 0.3) is 5.56 Å². The zero-order valence-electron chi connectivity index (χ0n) is 14.6.